The fourth-order valence-electron chi connectivity index (χ4n) is 4.17. The Hall–Kier alpha value is -2.72. The lowest BCUT2D eigenvalue weighted by Crippen LogP contribution is -2.38. The summed E-state index contributed by atoms with van der Waals surface area (Å²) in [6.07, 6.45) is 3.23. The average Bonchev–Trinajstić information content (AvgIpc) is 2.84. The second kappa shape index (κ2) is 10.5. The summed E-state index contributed by atoms with van der Waals surface area (Å²) in [5, 5.41) is 0. The Labute approximate surface area is 189 Å². The Balaban J connectivity index is 1.38. The van der Waals surface area contributed by atoms with Crippen molar-refractivity contribution in [2.24, 2.45) is 5.92 Å². The van der Waals surface area contributed by atoms with E-state index in [1.807, 2.05) is 41.3 Å². The van der Waals surface area contributed by atoms with Crippen LogP contribution in [0.4, 0.5) is 0 Å². The van der Waals surface area contributed by atoms with Crippen molar-refractivity contribution in [2.75, 3.05) is 20.2 Å². The molecular weight excluding hydrogens is 402 g/mol. The van der Waals surface area contributed by atoms with Crippen LogP contribution >= 0.6 is 11.8 Å². The van der Waals surface area contributed by atoms with E-state index < -0.39 is 0 Å². The lowest BCUT2D eigenvalue weighted by molar-refractivity contribution is 0.0690. The molecule has 1 heterocycles. The van der Waals surface area contributed by atoms with Crippen molar-refractivity contribution in [1.82, 2.24) is 4.90 Å². The molecule has 0 bridgehead atoms. The number of thioether (sulfide) groups is 1. The highest BCUT2D eigenvalue weighted by Crippen LogP contribution is 2.30. The molecule has 1 aliphatic heterocycles. The molecule has 0 N–H and O–H groups in total. The average molecular weight is 432 g/mol. The summed E-state index contributed by atoms with van der Waals surface area (Å²) in [7, 11) is 1.69. The maximum Gasteiger partial charge on any atom is 0.253 e. The first kappa shape index (κ1) is 21.5. The third-order valence-electron chi connectivity index (χ3n) is 5.93. The monoisotopic (exact) mass is 431 g/mol. The first-order valence-corrected chi connectivity index (χ1v) is 11.9. The summed E-state index contributed by atoms with van der Waals surface area (Å²) in [5.74, 6) is 2.39. The largest absolute Gasteiger partial charge is 0.496 e. The highest BCUT2D eigenvalue weighted by molar-refractivity contribution is 7.98. The van der Waals surface area contributed by atoms with Crippen LogP contribution in [0.5, 0.6) is 5.75 Å². The summed E-state index contributed by atoms with van der Waals surface area (Å²) in [5.41, 5.74) is 3.20. The number of benzene rings is 3. The Morgan fingerprint density at radius 3 is 2.32 bits per heavy atom. The second-order valence-electron chi connectivity index (χ2n) is 8.05. The van der Waals surface area contributed by atoms with Gasteiger partial charge in [0.05, 0.1) is 7.11 Å². The number of carbonyl (C=O) groups excluding carboxylic acids is 1. The predicted octanol–water partition coefficient (Wildman–Crippen LogP) is 6.08. The summed E-state index contributed by atoms with van der Waals surface area (Å²) in [4.78, 5) is 16.4. The number of nitrogens with zero attached hydrogens (tertiary/aromatic N) is 1. The molecule has 1 amide bonds. The molecule has 0 atom stereocenters. The summed E-state index contributed by atoms with van der Waals surface area (Å²) >= 11 is 1.76. The van der Waals surface area contributed by atoms with E-state index in [-0.39, 0.29) is 5.91 Å². The van der Waals surface area contributed by atoms with Gasteiger partial charge in [0.1, 0.15) is 5.75 Å². The van der Waals surface area contributed by atoms with Crippen LogP contribution in [-0.4, -0.2) is 31.0 Å². The highest BCUT2D eigenvalue weighted by atomic mass is 32.2. The van der Waals surface area contributed by atoms with Crippen LogP contribution in [0, 0.1) is 5.92 Å². The van der Waals surface area contributed by atoms with Gasteiger partial charge in [-0.05, 0) is 61.1 Å². The molecule has 4 rings (SSSR count). The lowest BCUT2D eigenvalue weighted by atomic mass is 9.90. The van der Waals surface area contributed by atoms with E-state index >= 15 is 0 Å². The number of hydrogen-bond donors (Lipinski definition) is 0. The Bertz CT molecular complexity index is 983. The Kier molecular flexibility index (Phi) is 7.31. The molecule has 4 heteroatoms. The van der Waals surface area contributed by atoms with Crippen molar-refractivity contribution in [3.63, 3.8) is 0 Å². The third kappa shape index (κ3) is 5.71. The van der Waals surface area contributed by atoms with Gasteiger partial charge in [0, 0.05) is 34.9 Å². The van der Waals surface area contributed by atoms with Gasteiger partial charge < -0.3 is 9.64 Å². The van der Waals surface area contributed by atoms with Gasteiger partial charge in [0.15, 0.2) is 0 Å². The summed E-state index contributed by atoms with van der Waals surface area (Å²) in [6, 6.07) is 26.8. The molecule has 1 saturated heterocycles. The smallest absolute Gasteiger partial charge is 0.253 e. The molecular formula is C27H29NO2S. The lowest BCUT2D eigenvalue weighted by Gasteiger charge is -2.32. The van der Waals surface area contributed by atoms with Crippen molar-refractivity contribution in [3.05, 3.63) is 95.6 Å². The molecule has 0 saturated carbocycles. The molecule has 3 nitrogen and oxygen atoms in total. The van der Waals surface area contributed by atoms with E-state index in [0.29, 0.717) is 5.92 Å². The van der Waals surface area contributed by atoms with Gasteiger partial charge in [-0.1, -0.05) is 48.5 Å². The van der Waals surface area contributed by atoms with E-state index in [1.165, 1.54) is 10.5 Å². The zero-order valence-electron chi connectivity index (χ0n) is 18.0. The number of rotatable bonds is 7. The van der Waals surface area contributed by atoms with Gasteiger partial charge in [-0.25, -0.2) is 0 Å². The molecule has 1 aliphatic rings. The minimum absolute atomic E-state index is 0.131. The van der Waals surface area contributed by atoms with Crippen LogP contribution < -0.4 is 4.74 Å². The van der Waals surface area contributed by atoms with Crippen molar-refractivity contribution in [2.45, 2.75) is 29.9 Å². The van der Waals surface area contributed by atoms with Crippen LogP contribution in [-0.2, 0) is 12.2 Å². The van der Waals surface area contributed by atoms with Crippen molar-refractivity contribution in [3.8, 4) is 5.75 Å². The minimum atomic E-state index is 0.131. The van der Waals surface area contributed by atoms with E-state index in [1.54, 1.807) is 18.9 Å². The molecule has 0 aromatic heterocycles. The van der Waals surface area contributed by atoms with Crippen molar-refractivity contribution in [1.29, 1.82) is 0 Å². The molecule has 3 aromatic rings. The topological polar surface area (TPSA) is 29.5 Å². The number of ether oxygens (including phenoxy) is 1. The first-order chi connectivity index (χ1) is 15.2. The third-order valence-corrected chi connectivity index (χ3v) is 6.99. The van der Waals surface area contributed by atoms with Gasteiger partial charge in [-0.2, -0.15) is 0 Å². The number of likely N-dealkylation sites (tertiary alicyclic amines) is 1. The Morgan fingerprint density at radius 1 is 0.968 bits per heavy atom. The standard InChI is InChI=1S/C27H29NO2S/c1-30-26-13-12-23(19-24(26)20-31-25-10-6-3-7-11-25)27(29)28-16-14-22(15-17-28)18-21-8-4-2-5-9-21/h2-13,19,22H,14-18,20H2,1H3. The zero-order chi connectivity index (χ0) is 21.5. The van der Waals surface area contributed by atoms with E-state index in [4.69, 9.17) is 4.74 Å². The Morgan fingerprint density at radius 2 is 1.65 bits per heavy atom. The molecule has 160 valence electrons. The normalized spacial score (nSPS) is 14.4. The minimum Gasteiger partial charge on any atom is -0.496 e. The zero-order valence-corrected chi connectivity index (χ0v) is 18.8. The van der Waals surface area contributed by atoms with Gasteiger partial charge in [-0.3, -0.25) is 4.79 Å². The van der Waals surface area contributed by atoms with Crippen LogP contribution in [0.3, 0.4) is 0 Å². The molecule has 1 fully saturated rings. The van der Waals surface area contributed by atoms with Crippen molar-refractivity contribution < 1.29 is 9.53 Å². The van der Waals surface area contributed by atoms with E-state index in [2.05, 4.69) is 42.5 Å². The number of piperidine rings is 1. The molecule has 0 unspecified atom stereocenters. The number of methoxy groups -OCH3 is 1. The second-order valence-corrected chi connectivity index (χ2v) is 9.10. The van der Waals surface area contributed by atoms with Crippen LogP contribution in [0.2, 0.25) is 0 Å². The summed E-state index contributed by atoms with van der Waals surface area (Å²) < 4.78 is 5.55. The number of amides is 1. The quantitative estimate of drug-likeness (QED) is 0.425. The molecule has 0 aliphatic carbocycles. The molecule has 0 spiro atoms. The molecule has 31 heavy (non-hydrogen) atoms. The number of carbonyl (C=O) groups is 1. The van der Waals surface area contributed by atoms with Crippen molar-refractivity contribution >= 4 is 17.7 Å². The van der Waals surface area contributed by atoms with Gasteiger partial charge in [0.25, 0.3) is 5.91 Å². The van der Waals surface area contributed by atoms with Gasteiger partial charge in [-0.15, -0.1) is 11.8 Å². The fraction of sp³-hybridized carbons (Fsp3) is 0.296. The van der Waals surface area contributed by atoms with Crippen LogP contribution in [0.1, 0.15) is 34.3 Å². The highest BCUT2D eigenvalue weighted by Gasteiger charge is 2.24. The van der Waals surface area contributed by atoms with E-state index in [9.17, 15) is 4.79 Å². The SMILES string of the molecule is COc1ccc(C(=O)N2CCC(Cc3ccccc3)CC2)cc1CSc1ccccc1. The number of hydrogen-bond acceptors (Lipinski definition) is 3. The summed E-state index contributed by atoms with van der Waals surface area (Å²) in [6.45, 7) is 1.66. The maximum atomic E-state index is 13.2. The van der Waals surface area contributed by atoms with E-state index in [0.717, 1.165) is 55.0 Å². The van der Waals surface area contributed by atoms with Gasteiger partial charge >= 0.3 is 0 Å². The first-order valence-electron chi connectivity index (χ1n) is 10.9. The predicted molar refractivity (Wildman–Crippen MR) is 128 cm³/mol. The van der Waals surface area contributed by atoms with Crippen LogP contribution in [0.25, 0.3) is 0 Å². The molecule has 0 radical (unpaired) electrons. The fourth-order valence-corrected chi connectivity index (χ4v) is 5.07. The van der Waals surface area contributed by atoms with Gasteiger partial charge in [0.2, 0.25) is 0 Å². The maximum absolute atomic E-state index is 13.2. The van der Waals surface area contributed by atoms with Crippen LogP contribution in [0.15, 0.2) is 83.8 Å². The molecule has 3 aromatic carbocycles.